The Kier molecular flexibility index (Phi) is 2.95. The first kappa shape index (κ1) is 10.5. The maximum absolute atomic E-state index is 10.2. The van der Waals surface area contributed by atoms with Gasteiger partial charge in [0.05, 0.1) is 10.6 Å². The van der Waals surface area contributed by atoms with Crippen LogP contribution in [0.25, 0.3) is 0 Å². The van der Waals surface area contributed by atoms with Gasteiger partial charge in [-0.2, -0.15) is 0 Å². The SMILES string of the molecule is O=[N+]([O-])c1ccc(C(Cl)(Cl)Cl)nc1. The van der Waals surface area contributed by atoms with Gasteiger partial charge in [-0.3, -0.25) is 10.1 Å². The fraction of sp³-hybridized carbons (Fsp3) is 0.167. The van der Waals surface area contributed by atoms with Gasteiger partial charge in [-0.1, -0.05) is 34.8 Å². The number of halogens is 3. The van der Waals surface area contributed by atoms with Crippen molar-refractivity contribution in [3.05, 3.63) is 34.1 Å². The third-order valence-electron chi connectivity index (χ3n) is 1.25. The monoisotopic (exact) mass is 240 g/mol. The molecule has 0 aliphatic carbocycles. The van der Waals surface area contributed by atoms with Crippen LogP contribution in [0.3, 0.4) is 0 Å². The van der Waals surface area contributed by atoms with E-state index < -0.39 is 8.72 Å². The molecule has 13 heavy (non-hydrogen) atoms. The molecule has 0 saturated carbocycles. The molecule has 0 spiro atoms. The summed E-state index contributed by atoms with van der Waals surface area (Å²) in [6.45, 7) is 0. The van der Waals surface area contributed by atoms with E-state index in [0.29, 0.717) is 0 Å². The molecular formula is C6H3Cl3N2O2. The Morgan fingerprint density at radius 1 is 1.38 bits per heavy atom. The quantitative estimate of drug-likeness (QED) is 0.431. The Bertz CT molecular complexity index is 320. The summed E-state index contributed by atoms with van der Waals surface area (Å²) >= 11 is 16.5. The second-order valence-corrected chi connectivity index (χ2v) is 4.44. The summed E-state index contributed by atoms with van der Waals surface area (Å²) in [4.78, 5) is 13.3. The van der Waals surface area contributed by atoms with Gasteiger partial charge in [0, 0.05) is 6.07 Å². The Labute approximate surface area is 88.6 Å². The van der Waals surface area contributed by atoms with E-state index in [0.717, 1.165) is 6.20 Å². The molecular weight excluding hydrogens is 238 g/mol. The molecule has 0 bridgehead atoms. The maximum Gasteiger partial charge on any atom is 0.287 e. The molecule has 0 radical (unpaired) electrons. The van der Waals surface area contributed by atoms with Gasteiger partial charge in [0.15, 0.2) is 0 Å². The number of pyridine rings is 1. The standard InChI is InChI=1S/C6H3Cl3N2O2/c7-6(8,9)5-2-1-4(3-10-5)11(12)13/h1-3H. The van der Waals surface area contributed by atoms with E-state index in [2.05, 4.69) is 4.98 Å². The van der Waals surface area contributed by atoms with Crippen molar-refractivity contribution in [3.8, 4) is 0 Å². The molecule has 1 heterocycles. The third kappa shape index (κ3) is 2.69. The molecule has 0 saturated heterocycles. The molecule has 0 atom stereocenters. The number of alkyl halides is 3. The first-order chi connectivity index (χ1) is 5.91. The summed E-state index contributed by atoms with van der Waals surface area (Å²) in [5.41, 5.74) is 0.0149. The van der Waals surface area contributed by atoms with Crippen molar-refractivity contribution >= 4 is 40.5 Å². The lowest BCUT2D eigenvalue weighted by Gasteiger charge is -2.08. The molecule has 1 rings (SSSR count). The highest BCUT2D eigenvalue weighted by atomic mass is 35.6. The zero-order chi connectivity index (χ0) is 10.1. The second kappa shape index (κ2) is 3.65. The highest BCUT2D eigenvalue weighted by molar-refractivity contribution is 6.66. The van der Waals surface area contributed by atoms with Crippen molar-refractivity contribution in [2.45, 2.75) is 3.79 Å². The number of aromatic nitrogens is 1. The Hall–Kier alpha value is -0.580. The average Bonchev–Trinajstić information content (AvgIpc) is 2.03. The lowest BCUT2D eigenvalue weighted by molar-refractivity contribution is -0.385. The van der Waals surface area contributed by atoms with Crippen LogP contribution in [0.2, 0.25) is 0 Å². The van der Waals surface area contributed by atoms with Crippen molar-refractivity contribution in [1.29, 1.82) is 0 Å². The molecule has 1 aromatic rings. The van der Waals surface area contributed by atoms with Gasteiger partial charge in [-0.15, -0.1) is 0 Å². The number of nitro groups is 1. The third-order valence-corrected chi connectivity index (χ3v) is 1.83. The van der Waals surface area contributed by atoms with Crippen molar-refractivity contribution < 1.29 is 4.92 Å². The largest absolute Gasteiger partial charge is 0.287 e. The van der Waals surface area contributed by atoms with Crippen LogP contribution in [0.4, 0.5) is 5.69 Å². The van der Waals surface area contributed by atoms with Crippen molar-refractivity contribution in [2.75, 3.05) is 0 Å². The molecule has 4 nitrogen and oxygen atoms in total. The van der Waals surface area contributed by atoms with Gasteiger partial charge in [0.1, 0.15) is 6.20 Å². The van der Waals surface area contributed by atoms with E-state index >= 15 is 0 Å². The highest BCUT2D eigenvalue weighted by Crippen LogP contribution is 2.36. The maximum atomic E-state index is 10.2. The van der Waals surface area contributed by atoms with Crippen LogP contribution in [0, 0.1) is 10.1 Å². The average molecular weight is 241 g/mol. The Morgan fingerprint density at radius 2 is 2.00 bits per heavy atom. The minimum Gasteiger partial charge on any atom is -0.258 e. The predicted molar refractivity (Wildman–Crippen MR) is 50.1 cm³/mol. The highest BCUT2D eigenvalue weighted by Gasteiger charge is 2.24. The predicted octanol–water partition coefficient (Wildman–Crippen LogP) is 2.82. The summed E-state index contributed by atoms with van der Waals surface area (Å²) in [6, 6.07) is 2.52. The molecule has 0 aliphatic heterocycles. The summed E-state index contributed by atoms with van der Waals surface area (Å²) in [5, 5.41) is 10.2. The topological polar surface area (TPSA) is 56.0 Å². The fourth-order valence-corrected chi connectivity index (χ4v) is 0.997. The van der Waals surface area contributed by atoms with Crippen LogP contribution >= 0.6 is 34.8 Å². The molecule has 70 valence electrons. The van der Waals surface area contributed by atoms with Crippen molar-refractivity contribution in [2.24, 2.45) is 0 Å². The van der Waals surface area contributed by atoms with E-state index in [1.807, 2.05) is 0 Å². The zero-order valence-corrected chi connectivity index (χ0v) is 8.34. The van der Waals surface area contributed by atoms with Gasteiger partial charge in [0.25, 0.3) is 5.69 Å². The fourth-order valence-electron chi connectivity index (χ4n) is 0.662. The van der Waals surface area contributed by atoms with Crippen LogP contribution in [0.5, 0.6) is 0 Å². The molecule has 0 fully saturated rings. The van der Waals surface area contributed by atoms with Crippen molar-refractivity contribution in [3.63, 3.8) is 0 Å². The van der Waals surface area contributed by atoms with E-state index in [-0.39, 0.29) is 11.4 Å². The second-order valence-electron chi connectivity index (χ2n) is 2.16. The van der Waals surface area contributed by atoms with Crippen molar-refractivity contribution in [1.82, 2.24) is 4.98 Å². The van der Waals surface area contributed by atoms with Crippen LogP contribution < -0.4 is 0 Å². The van der Waals surface area contributed by atoms with Crippen LogP contribution in [-0.2, 0) is 3.79 Å². The lowest BCUT2D eigenvalue weighted by Crippen LogP contribution is -2.03. The first-order valence-electron chi connectivity index (χ1n) is 3.09. The van der Waals surface area contributed by atoms with Crippen LogP contribution in [0.1, 0.15) is 5.69 Å². The molecule has 7 heteroatoms. The number of hydrogen-bond acceptors (Lipinski definition) is 3. The number of nitrogens with zero attached hydrogens (tertiary/aromatic N) is 2. The Morgan fingerprint density at radius 3 is 2.31 bits per heavy atom. The molecule has 0 aromatic carbocycles. The minimum absolute atomic E-state index is 0.141. The van der Waals surface area contributed by atoms with Gasteiger partial charge < -0.3 is 0 Å². The summed E-state index contributed by atoms with van der Waals surface area (Å²) in [7, 11) is 0. The zero-order valence-electron chi connectivity index (χ0n) is 6.08. The molecule has 1 aromatic heterocycles. The normalized spacial score (nSPS) is 11.3. The van der Waals surface area contributed by atoms with Gasteiger partial charge in [-0.25, -0.2) is 4.98 Å². The molecule has 0 amide bonds. The Balaban J connectivity index is 3.01. The van der Waals surface area contributed by atoms with Crippen LogP contribution in [0.15, 0.2) is 18.3 Å². The van der Waals surface area contributed by atoms with Gasteiger partial charge >= 0.3 is 0 Å². The summed E-state index contributed by atoms with van der Waals surface area (Å²) in [5.74, 6) is 0. The van der Waals surface area contributed by atoms with Gasteiger partial charge in [0.2, 0.25) is 3.79 Å². The van der Waals surface area contributed by atoms with Gasteiger partial charge in [-0.05, 0) is 6.07 Å². The first-order valence-corrected chi connectivity index (χ1v) is 4.22. The smallest absolute Gasteiger partial charge is 0.258 e. The number of hydrogen-bond donors (Lipinski definition) is 0. The molecule has 0 N–H and O–H groups in total. The summed E-state index contributed by atoms with van der Waals surface area (Å²) < 4.78 is -1.64. The van der Waals surface area contributed by atoms with E-state index in [1.54, 1.807) is 0 Å². The van der Waals surface area contributed by atoms with E-state index in [4.69, 9.17) is 34.8 Å². The van der Waals surface area contributed by atoms with E-state index in [9.17, 15) is 10.1 Å². The molecule has 0 unspecified atom stereocenters. The summed E-state index contributed by atoms with van der Waals surface area (Å²) in [6.07, 6.45) is 1.04. The lowest BCUT2D eigenvalue weighted by atomic mass is 10.3. The molecule has 0 aliphatic rings. The number of rotatable bonds is 1. The van der Waals surface area contributed by atoms with Crippen LogP contribution in [-0.4, -0.2) is 9.91 Å². The van der Waals surface area contributed by atoms with E-state index in [1.165, 1.54) is 12.1 Å². The minimum atomic E-state index is -1.64.